The van der Waals surface area contributed by atoms with E-state index in [0.717, 1.165) is 43.2 Å². The van der Waals surface area contributed by atoms with E-state index in [1.165, 1.54) is 6.07 Å². The number of carbonyl (C=O) groups excluding carboxylic acids is 1. The molecule has 1 N–H and O–H groups in total. The minimum Gasteiger partial charge on any atom is -0.343 e. The van der Waals surface area contributed by atoms with Crippen LogP contribution in [0.5, 0.6) is 0 Å². The molecule has 2 aromatic carbocycles. The van der Waals surface area contributed by atoms with Crippen LogP contribution in [0.1, 0.15) is 35.2 Å². The fourth-order valence-corrected chi connectivity index (χ4v) is 4.01. The monoisotopic (exact) mass is 374 g/mol. The Morgan fingerprint density at radius 1 is 1.15 bits per heavy atom. The molecule has 0 bridgehead atoms. The summed E-state index contributed by atoms with van der Waals surface area (Å²) in [5.41, 5.74) is -0.0292. The summed E-state index contributed by atoms with van der Waals surface area (Å²) in [6, 6.07) is 13.0. The lowest BCUT2D eigenvalue weighted by molar-refractivity contribution is -0.387. The second-order valence-corrected chi connectivity index (χ2v) is 8.45. The molecule has 3 rings (SSSR count). The van der Waals surface area contributed by atoms with Crippen LogP contribution < -0.4 is 5.32 Å². The van der Waals surface area contributed by atoms with Gasteiger partial charge in [0.15, 0.2) is 9.84 Å². The van der Waals surface area contributed by atoms with Gasteiger partial charge in [0.25, 0.3) is 11.6 Å². The van der Waals surface area contributed by atoms with E-state index in [1.54, 1.807) is 0 Å². The van der Waals surface area contributed by atoms with E-state index in [1.807, 2.05) is 30.3 Å². The quantitative estimate of drug-likeness (QED) is 0.640. The first-order valence-corrected chi connectivity index (χ1v) is 9.99. The Morgan fingerprint density at radius 2 is 1.81 bits per heavy atom. The maximum atomic E-state index is 12.7. The minimum absolute atomic E-state index is 0.0614. The first-order chi connectivity index (χ1) is 12.2. The molecule has 0 aromatic heterocycles. The molecule has 0 atom stereocenters. The van der Waals surface area contributed by atoms with Crippen molar-refractivity contribution in [3.05, 3.63) is 69.8 Å². The molecular weight excluding hydrogens is 356 g/mol. The van der Waals surface area contributed by atoms with Crippen LogP contribution >= 0.6 is 0 Å². The number of carbonyl (C=O) groups is 1. The summed E-state index contributed by atoms with van der Waals surface area (Å²) in [6.07, 6.45) is 3.44. The van der Waals surface area contributed by atoms with Gasteiger partial charge in [0, 0.05) is 17.9 Å². The third-order valence-electron chi connectivity index (χ3n) is 4.70. The maximum absolute atomic E-state index is 12.7. The van der Waals surface area contributed by atoms with Crippen molar-refractivity contribution in [3.8, 4) is 0 Å². The number of hydrogen-bond acceptors (Lipinski definition) is 5. The average Bonchev–Trinajstić information content (AvgIpc) is 2.57. The van der Waals surface area contributed by atoms with Crippen molar-refractivity contribution in [1.82, 2.24) is 5.32 Å². The zero-order valence-electron chi connectivity index (χ0n) is 14.1. The van der Waals surface area contributed by atoms with Crippen molar-refractivity contribution >= 4 is 21.4 Å². The topological polar surface area (TPSA) is 106 Å². The van der Waals surface area contributed by atoms with Gasteiger partial charge in [-0.2, -0.15) is 0 Å². The molecule has 1 saturated carbocycles. The number of nitro benzene ring substituents is 1. The fourth-order valence-electron chi connectivity index (χ4n) is 3.18. The van der Waals surface area contributed by atoms with E-state index in [-0.39, 0.29) is 5.56 Å². The standard InChI is InChI=1S/C18H18N2O5S/c1-26(24,25)16-9-8-13(12-15(16)20(22)23)17(21)19-18(10-5-11-18)14-6-3-2-4-7-14/h2-4,6-9,12H,5,10-11H2,1H3,(H,19,21). The van der Waals surface area contributed by atoms with Crippen molar-refractivity contribution in [1.29, 1.82) is 0 Å². The summed E-state index contributed by atoms with van der Waals surface area (Å²) < 4.78 is 23.4. The normalized spacial score (nSPS) is 15.7. The molecular formula is C18H18N2O5S. The highest BCUT2D eigenvalue weighted by Crippen LogP contribution is 2.41. The van der Waals surface area contributed by atoms with Gasteiger partial charge in [-0.1, -0.05) is 30.3 Å². The lowest BCUT2D eigenvalue weighted by Crippen LogP contribution is -2.50. The van der Waals surface area contributed by atoms with Crippen molar-refractivity contribution < 1.29 is 18.1 Å². The molecule has 0 radical (unpaired) electrons. The van der Waals surface area contributed by atoms with Crippen LogP contribution in [0.25, 0.3) is 0 Å². The van der Waals surface area contributed by atoms with Gasteiger partial charge in [-0.15, -0.1) is 0 Å². The molecule has 0 spiro atoms. The number of nitrogens with one attached hydrogen (secondary N) is 1. The molecule has 2 aromatic rings. The summed E-state index contributed by atoms with van der Waals surface area (Å²) in [4.78, 5) is 22.7. The van der Waals surface area contributed by atoms with Crippen molar-refractivity contribution in [2.75, 3.05) is 6.26 Å². The second kappa shape index (κ2) is 6.53. The van der Waals surface area contributed by atoms with E-state index in [4.69, 9.17) is 0 Å². The number of sulfone groups is 1. The van der Waals surface area contributed by atoms with Crippen LogP contribution in [-0.4, -0.2) is 25.5 Å². The highest BCUT2D eigenvalue weighted by molar-refractivity contribution is 7.90. The predicted molar refractivity (Wildman–Crippen MR) is 95.6 cm³/mol. The lowest BCUT2D eigenvalue weighted by atomic mass is 9.71. The molecule has 26 heavy (non-hydrogen) atoms. The van der Waals surface area contributed by atoms with Crippen LogP contribution in [0.15, 0.2) is 53.4 Å². The van der Waals surface area contributed by atoms with Crippen molar-refractivity contribution in [2.45, 2.75) is 29.7 Å². The first kappa shape index (κ1) is 18.1. The summed E-state index contributed by atoms with van der Waals surface area (Å²) in [5, 5.41) is 14.2. The van der Waals surface area contributed by atoms with E-state index >= 15 is 0 Å². The molecule has 1 aliphatic rings. The highest BCUT2D eigenvalue weighted by Gasteiger charge is 2.40. The molecule has 1 fully saturated rings. The fraction of sp³-hybridized carbons (Fsp3) is 0.278. The van der Waals surface area contributed by atoms with Gasteiger partial charge in [0.05, 0.1) is 10.5 Å². The van der Waals surface area contributed by atoms with Crippen LogP contribution in [0, 0.1) is 10.1 Å². The third kappa shape index (κ3) is 3.32. The minimum atomic E-state index is -3.77. The summed E-state index contributed by atoms with van der Waals surface area (Å²) in [6.45, 7) is 0. The van der Waals surface area contributed by atoms with E-state index in [9.17, 15) is 23.3 Å². The van der Waals surface area contributed by atoms with Crippen LogP contribution in [0.2, 0.25) is 0 Å². The van der Waals surface area contributed by atoms with Gasteiger partial charge >= 0.3 is 0 Å². The van der Waals surface area contributed by atoms with Crippen LogP contribution in [0.4, 0.5) is 5.69 Å². The van der Waals surface area contributed by atoms with Crippen molar-refractivity contribution in [3.63, 3.8) is 0 Å². The summed E-state index contributed by atoms with van der Waals surface area (Å²) in [7, 11) is -3.77. The number of nitrogens with zero attached hydrogens (tertiary/aromatic N) is 1. The number of benzene rings is 2. The zero-order chi connectivity index (χ0) is 18.9. The smallest absolute Gasteiger partial charge is 0.288 e. The van der Waals surface area contributed by atoms with Gasteiger partial charge < -0.3 is 5.32 Å². The van der Waals surface area contributed by atoms with Gasteiger partial charge in [0.2, 0.25) is 0 Å². The molecule has 1 aliphatic carbocycles. The second-order valence-electron chi connectivity index (χ2n) is 6.47. The first-order valence-electron chi connectivity index (χ1n) is 8.09. The van der Waals surface area contributed by atoms with Crippen molar-refractivity contribution in [2.24, 2.45) is 0 Å². The van der Waals surface area contributed by atoms with E-state index in [0.29, 0.717) is 0 Å². The maximum Gasteiger partial charge on any atom is 0.288 e. The Balaban J connectivity index is 1.93. The Morgan fingerprint density at radius 3 is 2.31 bits per heavy atom. The third-order valence-corrected chi connectivity index (χ3v) is 5.85. The van der Waals surface area contributed by atoms with Gasteiger partial charge in [0.1, 0.15) is 4.90 Å². The van der Waals surface area contributed by atoms with Crippen LogP contribution in [-0.2, 0) is 15.4 Å². The Hall–Kier alpha value is -2.74. The van der Waals surface area contributed by atoms with Gasteiger partial charge in [-0.3, -0.25) is 14.9 Å². The molecule has 0 heterocycles. The molecule has 0 aliphatic heterocycles. The molecule has 8 heteroatoms. The van der Waals surface area contributed by atoms with Gasteiger partial charge in [-0.05, 0) is 37.0 Å². The molecule has 136 valence electrons. The Bertz CT molecular complexity index is 966. The summed E-state index contributed by atoms with van der Waals surface area (Å²) >= 11 is 0. The van der Waals surface area contributed by atoms with Gasteiger partial charge in [-0.25, -0.2) is 8.42 Å². The molecule has 1 amide bonds. The van der Waals surface area contributed by atoms with E-state index in [2.05, 4.69) is 5.32 Å². The summed E-state index contributed by atoms with van der Waals surface area (Å²) in [5.74, 6) is -0.461. The number of nitro groups is 1. The lowest BCUT2D eigenvalue weighted by Gasteiger charge is -2.43. The number of amides is 1. The molecule has 0 unspecified atom stereocenters. The zero-order valence-corrected chi connectivity index (χ0v) is 15.0. The Kier molecular flexibility index (Phi) is 4.53. The SMILES string of the molecule is CS(=O)(=O)c1ccc(C(=O)NC2(c3ccccc3)CCC2)cc1[N+](=O)[O-]. The molecule has 7 nitrogen and oxygen atoms in total. The number of hydrogen-bond donors (Lipinski definition) is 1. The van der Waals surface area contributed by atoms with Crippen LogP contribution in [0.3, 0.4) is 0 Å². The largest absolute Gasteiger partial charge is 0.343 e. The Labute approximate surface area is 151 Å². The van der Waals surface area contributed by atoms with E-state index < -0.39 is 36.8 Å². The highest BCUT2D eigenvalue weighted by atomic mass is 32.2. The number of rotatable bonds is 5. The average molecular weight is 374 g/mol. The molecule has 0 saturated heterocycles. The predicted octanol–water partition coefficient (Wildman–Crippen LogP) is 2.81.